The summed E-state index contributed by atoms with van der Waals surface area (Å²) < 4.78 is 5.29. The molecule has 1 saturated carbocycles. The highest BCUT2D eigenvalue weighted by Crippen LogP contribution is 2.43. The van der Waals surface area contributed by atoms with E-state index < -0.39 is 0 Å². The molecule has 1 aromatic rings. The van der Waals surface area contributed by atoms with Crippen LogP contribution in [0, 0.1) is 5.92 Å². The van der Waals surface area contributed by atoms with Gasteiger partial charge in [0.05, 0.1) is 12.1 Å². The third-order valence-electron chi connectivity index (χ3n) is 3.81. The summed E-state index contributed by atoms with van der Waals surface area (Å²) in [6, 6.07) is 6.73. The van der Waals surface area contributed by atoms with Crippen molar-refractivity contribution in [1.29, 1.82) is 0 Å². The van der Waals surface area contributed by atoms with E-state index in [9.17, 15) is 0 Å². The molecule has 2 unspecified atom stereocenters. The fourth-order valence-electron chi connectivity index (χ4n) is 2.55. The molecule has 2 atom stereocenters. The van der Waals surface area contributed by atoms with Crippen molar-refractivity contribution in [3.63, 3.8) is 0 Å². The van der Waals surface area contributed by atoms with E-state index in [0.29, 0.717) is 17.0 Å². The first-order valence-corrected chi connectivity index (χ1v) is 7.06. The fraction of sp³-hybridized carbons (Fsp3) is 0.600. The topological polar surface area (TPSA) is 21.3 Å². The molecule has 0 amide bonds. The van der Waals surface area contributed by atoms with E-state index in [-0.39, 0.29) is 0 Å². The van der Waals surface area contributed by atoms with E-state index >= 15 is 0 Å². The molecule has 18 heavy (non-hydrogen) atoms. The van der Waals surface area contributed by atoms with Crippen molar-refractivity contribution in [3.8, 4) is 5.75 Å². The first-order valence-electron chi connectivity index (χ1n) is 6.68. The summed E-state index contributed by atoms with van der Waals surface area (Å²) in [6.45, 7) is 5.49. The Morgan fingerprint density at radius 2 is 2.17 bits per heavy atom. The second kappa shape index (κ2) is 5.94. The van der Waals surface area contributed by atoms with Gasteiger partial charge in [-0.25, -0.2) is 0 Å². The molecule has 1 aliphatic rings. The van der Waals surface area contributed by atoms with Gasteiger partial charge in [0.2, 0.25) is 0 Å². The number of ether oxygens (including phenoxy) is 1. The van der Waals surface area contributed by atoms with Gasteiger partial charge in [-0.3, -0.25) is 0 Å². The van der Waals surface area contributed by atoms with Crippen LogP contribution in [0.25, 0.3) is 0 Å². The SMILES string of the molecule is COc1cc(C2CCC2CNC(C)C)ccc1Cl. The van der Waals surface area contributed by atoms with Crippen LogP contribution in [0.3, 0.4) is 0 Å². The lowest BCUT2D eigenvalue weighted by molar-refractivity contribution is 0.240. The van der Waals surface area contributed by atoms with Crippen molar-refractivity contribution in [3.05, 3.63) is 28.8 Å². The molecule has 1 fully saturated rings. The van der Waals surface area contributed by atoms with Crippen molar-refractivity contribution < 1.29 is 4.74 Å². The predicted octanol–water partition coefficient (Wildman–Crippen LogP) is 3.84. The van der Waals surface area contributed by atoms with Crippen LogP contribution in [-0.4, -0.2) is 19.7 Å². The predicted molar refractivity (Wildman–Crippen MR) is 76.6 cm³/mol. The fourth-order valence-corrected chi connectivity index (χ4v) is 2.74. The monoisotopic (exact) mass is 267 g/mol. The van der Waals surface area contributed by atoms with Crippen LogP contribution < -0.4 is 10.1 Å². The number of benzene rings is 1. The van der Waals surface area contributed by atoms with E-state index in [1.807, 2.05) is 6.07 Å². The zero-order valence-electron chi connectivity index (χ0n) is 11.4. The molecule has 0 bridgehead atoms. The van der Waals surface area contributed by atoms with E-state index in [2.05, 4.69) is 31.3 Å². The maximum Gasteiger partial charge on any atom is 0.137 e. The van der Waals surface area contributed by atoms with Gasteiger partial charge in [-0.15, -0.1) is 0 Å². The number of hydrogen-bond donors (Lipinski definition) is 1. The molecule has 2 rings (SSSR count). The third kappa shape index (κ3) is 2.99. The molecule has 0 aromatic heterocycles. The Balaban J connectivity index is 2.03. The molecule has 0 radical (unpaired) electrons. The van der Waals surface area contributed by atoms with Gasteiger partial charge in [-0.2, -0.15) is 0 Å². The molecule has 1 aliphatic carbocycles. The molecule has 100 valence electrons. The van der Waals surface area contributed by atoms with Crippen LogP contribution in [0.2, 0.25) is 5.02 Å². The van der Waals surface area contributed by atoms with Crippen LogP contribution in [0.15, 0.2) is 18.2 Å². The molecule has 0 saturated heterocycles. The quantitative estimate of drug-likeness (QED) is 0.875. The van der Waals surface area contributed by atoms with E-state index in [1.165, 1.54) is 18.4 Å². The van der Waals surface area contributed by atoms with Crippen LogP contribution in [-0.2, 0) is 0 Å². The number of halogens is 1. The molecule has 3 heteroatoms. The Morgan fingerprint density at radius 3 is 2.72 bits per heavy atom. The summed E-state index contributed by atoms with van der Waals surface area (Å²) in [6.07, 6.45) is 2.59. The summed E-state index contributed by atoms with van der Waals surface area (Å²) in [5.41, 5.74) is 1.36. The summed E-state index contributed by atoms with van der Waals surface area (Å²) >= 11 is 6.06. The van der Waals surface area contributed by atoms with Crippen molar-refractivity contribution in [1.82, 2.24) is 5.32 Å². The molecule has 1 aromatic carbocycles. The first kappa shape index (κ1) is 13.7. The van der Waals surface area contributed by atoms with E-state index in [0.717, 1.165) is 18.2 Å². The Kier molecular flexibility index (Phi) is 4.52. The summed E-state index contributed by atoms with van der Waals surface area (Å²) in [5.74, 6) is 2.19. The Hall–Kier alpha value is -0.730. The van der Waals surface area contributed by atoms with Crippen LogP contribution in [0.1, 0.15) is 38.2 Å². The maximum atomic E-state index is 6.06. The highest BCUT2D eigenvalue weighted by atomic mass is 35.5. The van der Waals surface area contributed by atoms with Crippen molar-refractivity contribution >= 4 is 11.6 Å². The van der Waals surface area contributed by atoms with Gasteiger partial charge in [-0.1, -0.05) is 31.5 Å². The summed E-state index contributed by atoms with van der Waals surface area (Å²) in [5, 5.41) is 4.22. The van der Waals surface area contributed by atoms with E-state index in [1.54, 1.807) is 7.11 Å². The Morgan fingerprint density at radius 1 is 1.39 bits per heavy atom. The largest absolute Gasteiger partial charge is 0.495 e. The molecule has 0 aliphatic heterocycles. The molecule has 1 N–H and O–H groups in total. The number of methoxy groups -OCH3 is 1. The number of nitrogens with one attached hydrogen (secondary N) is 1. The van der Waals surface area contributed by atoms with Crippen molar-refractivity contribution in [2.75, 3.05) is 13.7 Å². The third-order valence-corrected chi connectivity index (χ3v) is 4.12. The lowest BCUT2D eigenvalue weighted by atomic mass is 9.70. The maximum absolute atomic E-state index is 6.06. The normalized spacial score (nSPS) is 22.9. The minimum absolute atomic E-state index is 0.561. The molecule has 2 nitrogen and oxygen atoms in total. The standard InChI is InChI=1S/C15H22ClNO/c1-10(2)17-9-12-4-6-13(12)11-5-7-14(16)15(8-11)18-3/h5,7-8,10,12-13,17H,4,6,9H2,1-3H3. The summed E-state index contributed by atoms with van der Waals surface area (Å²) in [7, 11) is 1.67. The molecule has 0 spiro atoms. The zero-order valence-corrected chi connectivity index (χ0v) is 12.1. The van der Waals surface area contributed by atoms with Crippen LogP contribution >= 0.6 is 11.6 Å². The van der Waals surface area contributed by atoms with Gasteiger partial charge in [-0.05, 0) is 48.9 Å². The first-order chi connectivity index (χ1) is 8.61. The molecular weight excluding hydrogens is 246 g/mol. The highest BCUT2D eigenvalue weighted by Gasteiger charge is 2.32. The second-order valence-electron chi connectivity index (χ2n) is 5.40. The zero-order chi connectivity index (χ0) is 13.1. The van der Waals surface area contributed by atoms with Gasteiger partial charge in [0, 0.05) is 6.04 Å². The molecule has 0 heterocycles. The van der Waals surface area contributed by atoms with Gasteiger partial charge < -0.3 is 10.1 Å². The number of hydrogen-bond acceptors (Lipinski definition) is 2. The average Bonchev–Trinajstić information content (AvgIpc) is 2.30. The smallest absolute Gasteiger partial charge is 0.137 e. The van der Waals surface area contributed by atoms with E-state index in [4.69, 9.17) is 16.3 Å². The lowest BCUT2D eigenvalue weighted by Gasteiger charge is -2.38. The van der Waals surface area contributed by atoms with Crippen molar-refractivity contribution in [2.45, 2.75) is 38.6 Å². The van der Waals surface area contributed by atoms with Gasteiger partial charge in [0.1, 0.15) is 5.75 Å². The van der Waals surface area contributed by atoms with Gasteiger partial charge in [0.15, 0.2) is 0 Å². The molecular formula is C15H22ClNO. The Labute approximate surface area is 115 Å². The minimum atomic E-state index is 0.561. The highest BCUT2D eigenvalue weighted by molar-refractivity contribution is 6.32. The van der Waals surface area contributed by atoms with Gasteiger partial charge in [0.25, 0.3) is 0 Å². The summed E-state index contributed by atoms with van der Waals surface area (Å²) in [4.78, 5) is 0. The van der Waals surface area contributed by atoms with Crippen LogP contribution in [0.4, 0.5) is 0 Å². The number of rotatable bonds is 5. The average molecular weight is 268 g/mol. The minimum Gasteiger partial charge on any atom is -0.495 e. The van der Waals surface area contributed by atoms with Crippen LogP contribution in [0.5, 0.6) is 5.75 Å². The second-order valence-corrected chi connectivity index (χ2v) is 5.81. The Bertz CT molecular complexity index is 405. The van der Waals surface area contributed by atoms with Crippen molar-refractivity contribution in [2.24, 2.45) is 5.92 Å². The van der Waals surface area contributed by atoms with Gasteiger partial charge >= 0.3 is 0 Å². The lowest BCUT2D eigenvalue weighted by Crippen LogP contribution is -2.36.